The highest BCUT2D eigenvalue weighted by Gasteiger charge is 2.11. The van der Waals surface area contributed by atoms with E-state index >= 15 is 0 Å². The number of rotatable bonds is 2. The van der Waals surface area contributed by atoms with Crippen LogP contribution in [0.2, 0.25) is 0 Å². The van der Waals surface area contributed by atoms with E-state index in [4.69, 9.17) is 0 Å². The molecule has 0 aromatic heterocycles. The third-order valence-corrected chi connectivity index (χ3v) is 1.46. The van der Waals surface area contributed by atoms with Crippen molar-refractivity contribution in [1.29, 1.82) is 0 Å². The molecule has 0 saturated carbocycles. The van der Waals surface area contributed by atoms with Gasteiger partial charge < -0.3 is 14.6 Å². The van der Waals surface area contributed by atoms with Gasteiger partial charge in [-0.1, -0.05) is 0 Å². The summed E-state index contributed by atoms with van der Waals surface area (Å²) in [6.07, 6.45) is 0. The number of carboxylic acid groups (broad SMARTS) is 1. The van der Waals surface area contributed by atoms with E-state index in [1.807, 2.05) is 0 Å². The summed E-state index contributed by atoms with van der Waals surface area (Å²) in [6.45, 7) is 0. The second kappa shape index (κ2) is 3.38. The van der Waals surface area contributed by atoms with Crippen LogP contribution in [0, 0.1) is 11.6 Å². The van der Waals surface area contributed by atoms with Crippen LogP contribution in [-0.4, -0.2) is 13.1 Å². The van der Waals surface area contributed by atoms with Crippen molar-refractivity contribution in [3.63, 3.8) is 0 Å². The molecular weight excluding hydrogens is 182 g/mol. The van der Waals surface area contributed by atoms with Crippen LogP contribution >= 0.6 is 0 Å². The first-order valence-corrected chi connectivity index (χ1v) is 3.30. The van der Waals surface area contributed by atoms with Crippen molar-refractivity contribution in [3.8, 4) is 5.75 Å². The summed E-state index contributed by atoms with van der Waals surface area (Å²) in [5, 5.41) is 10.2. The molecule has 0 amide bonds. The van der Waals surface area contributed by atoms with Crippen LogP contribution in [0.4, 0.5) is 8.78 Å². The molecule has 3 nitrogen and oxygen atoms in total. The molecule has 0 atom stereocenters. The Balaban J connectivity index is 3.31. The summed E-state index contributed by atoms with van der Waals surface area (Å²) >= 11 is 0. The van der Waals surface area contributed by atoms with Crippen molar-refractivity contribution in [2.45, 2.75) is 0 Å². The smallest absolute Gasteiger partial charge is 0.138 e. The van der Waals surface area contributed by atoms with Crippen molar-refractivity contribution >= 4 is 5.97 Å². The van der Waals surface area contributed by atoms with Crippen LogP contribution in [0.1, 0.15) is 10.4 Å². The Bertz CT molecular complexity index is 326. The highest BCUT2D eigenvalue weighted by atomic mass is 19.1. The van der Waals surface area contributed by atoms with Crippen LogP contribution in [0.25, 0.3) is 0 Å². The zero-order valence-electron chi connectivity index (χ0n) is 6.64. The molecule has 1 aromatic rings. The Labute approximate surface area is 72.6 Å². The van der Waals surface area contributed by atoms with Crippen molar-refractivity contribution < 1.29 is 23.4 Å². The maximum Gasteiger partial charge on any atom is 0.138 e. The minimum atomic E-state index is -1.89. The molecule has 1 rings (SSSR count). The average Bonchev–Trinajstić information content (AvgIpc) is 2.02. The summed E-state index contributed by atoms with van der Waals surface area (Å²) in [5.41, 5.74) is -1.08. The first-order valence-electron chi connectivity index (χ1n) is 3.30. The van der Waals surface area contributed by atoms with Crippen molar-refractivity contribution in [2.24, 2.45) is 0 Å². The van der Waals surface area contributed by atoms with Crippen LogP contribution in [0.3, 0.4) is 0 Å². The van der Waals surface area contributed by atoms with E-state index in [1.54, 1.807) is 0 Å². The minimum Gasteiger partial charge on any atom is -0.545 e. The van der Waals surface area contributed by atoms with E-state index in [1.165, 1.54) is 7.11 Å². The van der Waals surface area contributed by atoms with Gasteiger partial charge >= 0.3 is 0 Å². The lowest BCUT2D eigenvalue weighted by molar-refractivity contribution is -0.255. The summed E-state index contributed by atoms with van der Waals surface area (Å²) in [7, 11) is 1.22. The van der Waals surface area contributed by atoms with Crippen molar-refractivity contribution in [1.82, 2.24) is 0 Å². The molecule has 0 aliphatic heterocycles. The molecule has 0 aliphatic rings. The summed E-state index contributed by atoms with van der Waals surface area (Å²) < 4.78 is 30.1. The third-order valence-electron chi connectivity index (χ3n) is 1.46. The number of hydrogen-bond acceptors (Lipinski definition) is 3. The Hall–Kier alpha value is -1.65. The first-order chi connectivity index (χ1) is 6.06. The second-order valence-corrected chi connectivity index (χ2v) is 2.25. The maximum absolute atomic E-state index is 12.8. The summed E-state index contributed by atoms with van der Waals surface area (Å²) in [4.78, 5) is 10.2. The molecule has 0 spiro atoms. The Morgan fingerprint density at radius 3 is 2.15 bits per heavy atom. The van der Waals surface area contributed by atoms with E-state index in [0.29, 0.717) is 0 Å². The van der Waals surface area contributed by atoms with Gasteiger partial charge in [0.05, 0.1) is 18.6 Å². The van der Waals surface area contributed by atoms with Crippen molar-refractivity contribution in [3.05, 3.63) is 29.3 Å². The number of aromatic carboxylic acids is 1. The quantitative estimate of drug-likeness (QED) is 0.670. The molecule has 0 bridgehead atoms. The third kappa shape index (κ3) is 1.74. The molecule has 0 N–H and O–H groups in total. The van der Waals surface area contributed by atoms with Gasteiger partial charge in [0, 0.05) is 12.1 Å². The van der Waals surface area contributed by atoms with E-state index in [9.17, 15) is 18.7 Å². The van der Waals surface area contributed by atoms with Gasteiger partial charge in [-0.3, -0.25) is 0 Å². The standard InChI is InChI=1S/C8H6F2O3/c1-13-4-2-5(9)7(8(11)12)6(10)3-4/h2-3H,1H3,(H,11,12)/p-1. The molecular formula is C8H5F2O3-. The van der Waals surface area contributed by atoms with Gasteiger partial charge in [0.25, 0.3) is 0 Å². The summed E-state index contributed by atoms with van der Waals surface area (Å²) in [5.74, 6) is -4.40. The van der Waals surface area contributed by atoms with Gasteiger partial charge in [-0.15, -0.1) is 0 Å². The number of halogens is 2. The van der Waals surface area contributed by atoms with Crippen LogP contribution in [-0.2, 0) is 0 Å². The lowest BCUT2D eigenvalue weighted by atomic mass is 10.2. The topological polar surface area (TPSA) is 49.4 Å². The molecule has 13 heavy (non-hydrogen) atoms. The van der Waals surface area contributed by atoms with Gasteiger partial charge in [0.1, 0.15) is 17.4 Å². The molecule has 1 aromatic carbocycles. The van der Waals surface area contributed by atoms with E-state index in [0.717, 1.165) is 12.1 Å². The van der Waals surface area contributed by atoms with Gasteiger partial charge in [-0.2, -0.15) is 0 Å². The number of benzene rings is 1. The van der Waals surface area contributed by atoms with Gasteiger partial charge in [-0.25, -0.2) is 8.78 Å². The molecule has 0 fully saturated rings. The molecule has 0 unspecified atom stereocenters. The number of carboxylic acids is 1. The number of carbonyl (C=O) groups is 1. The highest BCUT2D eigenvalue weighted by molar-refractivity contribution is 5.86. The molecule has 0 aliphatic carbocycles. The Morgan fingerprint density at radius 2 is 1.85 bits per heavy atom. The largest absolute Gasteiger partial charge is 0.545 e. The van der Waals surface area contributed by atoms with E-state index < -0.39 is 23.2 Å². The fraction of sp³-hybridized carbons (Fsp3) is 0.125. The number of carbonyl (C=O) groups excluding carboxylic acids is 1. The maximum atomic E-state index is 12.8. The fourth-order valence-corrected chi connectivity index (χ4v) is 0.863. The zero-order valence-corrected chi connectivity index (χ0v) is 6.64. The normalized spacial score (nSPS) is 9.77. The molecule has 0 radical (unpaired) electrons. The van der Waals surface area contributed by atoms with E-state index in [-0.39, 0.29) is 5.75 Å². The zero-order chi connectivity index (χ0) is 10.0. The lowest BCUT2D eigenvalue weighted by Gasteiger charge is -2.07. The Morgan fingerprint density at radius 1 is 1.38 bits per heavy atom. The van der Waals surface area contributed by atoms with Crippen LogP contribution in [0.5, 0.6) is 5.75 Å². The summed E-state index contributed by atoms with van der Waals surface area (Å²) in [6, 6.07) is 1.54. The first kappa shape index (κ1) is 9.44. The lowest BCUT2D eigenvalue weighted by Crippen LogP contribution is -2.25. The predicted molar refractivity (Wildman–Crippen MR) is 37.2 cm³/mol. The van der Waals surface area contributed by atoms with Gasteiger partial charge in [-0.05, 0) is 0 Å². The number of methoxy groups -OCH3 is 1. The van der Waals surface area contributed by atoms with E-state index in [2.05, 4.69) is 4.74 Å². The SMILES string of the molecule is COc1cc(F)c(C(=O)[O-])c(F)c1. The van der Waals surface area contributed by atoms with Gasteiger partial charge in [0.2, 0.25) is 0 Å². The minimum absolute atomic E-state index is 0.0833. The molecule has 5 heteroatoms. The highest BCUT2D eigenvalue weighted by Crippen LogP contribution is 2.19. The fourth-order valence-electron chi connectivity index (χ4n) is 0.863. The second-order valence-electron chi connectivity index (χ2n) is 2.25. The molecule has 0 heterocycles. The molecule has 70 valence electrons. The Kier molecular flexibility index (Phi) is 2.46. The monoisotopic (exact) mass is 187 g/mol. The number of ether oxygens (including phenoxy) is 1. The molecule has 0 saturated heterocycles. The van der Waals surface area contributed by atoms with Crippen LogP contribution in [0.15, 0.2) is 12.1 Å². The van der Waals surface area contributed by atoms with Gasteiger partial charge in [0.15, 0.2) is 0 Å². The number of hydrogen-bond donors (Lipinski definition) is 0. The van der Waals surface area contributed by atoms with Crippen LogP contribution < -0.4 is 9.84 Å². The van der Waals surface area contributed by atoms with Crippen molar-refractivity contribution in [2.75, 3.05) is 7.11 Å². The average molecular weight is 187 g/mol. The predicted octanol–water partition coefficient (Wildman–Crippen LogP) is 0.337.